The first-order valence-corrected chi connectivity index (χ1v) is 10.5. The van der Waals surface area contributed by atoms with E-state index in [0.29, 0.717) is 29.4 Å². The number of amides is 1. The van der Waals surface area contributed by atoms with Crippen LogP contribution >= 0.6 is 15.9 Å². The van der Waals surface area contributed by atoms with E-state index in [1.807, 2.05) is 31.4 Å². The number of fused-ring (bicyclic) bond motifs is 3. The summed E-state index contributed by atoms with van der Waals surface area (Å²) in [7, 11) is 1.83. The Kier molecular flexibility index (Phi) is 5.29. The van der Waals surface area contributed by atoms with Gasteiger partial charge in [0.1, 0.15) is 0 Å². The average molecular weight is 471 g/mol. The highest BCUT2D eigenvalue weighted by atomic mass is 79.9. The van der Waals surface area contributed by atoms with Gasteiger partial charge in [-0.05, 0) is 41.4 Å². The monoisotopic (exact) mass is 470 g/mol. The summed E-state index contributed by atoms with van der Waals surface area (Å²) in [5.41, 5.74) is 7.13. The Morgan fingerprint density at radius 2 is 2.13 bits per heavy atom. The summed E-state index contributed by atoms with van der Waals surface area (Å²) in [4.78, 5) is 22.4. The number of aryl methyl sites for hydroxylation is 1. The smallest absolute Gasteiger partial charge is 0.247 e. The van der Waals surface area contributed by atoms with Crippen molar-refractivity contribution in [1.29, 1.82) is 0 Å². The van der Waals surface area contributed by atoms with Gasteiger partial charge >= 0.3 is 0 Å². The van der Waals surface area contributed by atoms with Gasteiger partial charge in [-0.25, -0.2) is 9.97 Å². The second-order valence-electron chi connectivity index (χ2n) is 7.46. The topological polar surface area (TPSA) is 116 Å². The molecular formula is C20H23BrN8O. The average Bonchev–Trinajstić information content (AvgIpc) is 3.34. The number of unbranched alkanes of at least 4 members (excludes halogenated alkanes) is 1. The lowest BCUT2D eigenvalue weighted by molar-refractivity contribution is -0.126. The molecule has 0 aliphatic rings. The minimum atomic E-state index is -1.41. The van der Waals surface area contributed by atoms with Gasteiger partial charge in [0.05, 0.1) is 17.3 Å². The van der Waals surface area contributed by atoms with Crippen LogP contribution < -0.4 is 11.1 Å². The van der Waals surface area contributed by atoms with E-state index in [2.05, 4.69) is 38.4 Å². The fraction of sp³-hybridized carbons (Fsp3) is 0.350. The zero-order chi connectivity index (χ0) is 21.5. The molecule has 0 fully saturated rings. The standard InChI is InChI=1S/C20H23BrN8O/c1-4-5-9-23-19(30)20(2,22)18-25-15-13(7-6-8-14(15)21)17-26-16(27-29(17)18)12-10-24-28(3)11-12/h6-8,10-11H,4-5,9,22H2,1-3H3,(H,23,30)/t20-/m0/s1. The molecule has 10 heteroatoms. The molecule has 3 N–H and O–H groups in total. The number of nitrogens with one attached hydrogen (secondary N) is 1. The Labute approximate surface area is 181 Å². The number of nitrogens with two attached hydrogens (primary N) is 1. The van der Waals surface area contributed by atoms with Crippen LogP contribution in [0.5, 0.6) is 0 Å². The van der Waals surface area contributed by atoms with E-state index in [9.17, 15) is 4.79 Å². The molecule has 156 valence electrons. The zero-order valence-electron chi connectivity index (χ0n) is 17.1. The number of halogens is 1. The van der Waals surface area contributed by atoms with E-state index in [0.717, 1.165) is 28.3 Å². The first-order chi connectivity index (χ1) is 14.3. The van der Waals surface area contributed by atoms with Crippen molar-refractivity contribution >= 4 is 38.4 Å². The number of aromatic nitrogens is 6. The number of hydrogen-bond donors (Lipinski definition) is 2. The van der Waals surface area contributed by atoms with Crippen molar-refractivity contribution < 1.29 is 4.79 Å². The number of nitrogens with zero attached hydrogens (tertiary/aromatic N) is 6. The Bertz CT molecular complexity index is 1240. The highest BCUT2D eigenvalue weighted by Gasteiger charge is 2.36. The van der Waals surface area contributed by atoms with Crippen LogP contribution in [0.4, 0.5) is 0 Å². The van der Waals surface area contributed by atoms with Gasteiger partial charge in [-0.15, -0.1) is 5.10 Å². The van der Waals surface area contributed by atoms with Gasteiger partial charge in [0.15, 0.2) is 22.8 Å². The molecule has 0 saturated carbocycles. The molecule has 4 rings (SSSR count). The van der Waals surface area contributed by atoms with E-state index in [1.54, 1.807) is 22.3 Å². The molecule has 0 radical (unpaired) electrons. The fourth-order valence-electron chi connectivity index (χ4n) is 3.26. The Balaban J connectivity index is 1.94. The molecule has 30 heavy (non-hydrogen) atoms. The van der Waals surface area contributed by atoms with E-state index in [1.165, 1.54) is 0 Å². The molecule has 3 heterocycles. The third kappa shape index (κ3) is 3.46. The molecule has 0 bridgehead atoms. The van der Waals surface area contributed by atoms with Gasteiger partial charge in [0, 0.05) is 29.6 Å². The predicted molar refractivity (Wildman–Crippen MR) is 118 cm³/mol. The maximum Gasteiger partial charge on any atom is 0.247 e. The lowest BCUT2D eigenvalue weighted by Gasteiger charge is -2.24. The van der Waals surface area contributed by atoms with E-state index in [-0.39, 0.29) is 5.91 Å². The highest BCUT2D eigenvalue weighted by molar-refractivity contribution is 9.10. The van der Waals surface area contributed by atoms with Gasteiger partial charge in [0.2, 0.25) is 5.91 Å². The molecule has 1 aromatic carbocycles. The quantitative estimate of drug-likeness (QED) is 0.418. The van der Waals surface area contributed by atoms with Crippen LogP contribution in [0.15, 0.2) is 35.1 Å². The molecule has 9 nitrogen and oxygen atoms in total. The van der Waals surface area contributed by atoms with Crippen molar-refractivity contribution in [3.8, 4) is 11.4 Å². The van der Waals surface area contributed by atoms with Gasteiger partial charge in [-0.1, -0.05) is 19.4 Å². The van der Waals surface area contributed by atoms with Crippen molar-refractivity contribution in [3.63, 3.8) is 0 Å². The summed E-state index contributed by atoms with van der Waals surface area (Å²) >= 11 is 3.55. The van der Waals surface area contributed by atoms with E-state index >= 15 is 0 Å². The van der Waals surface area contributed by atoms with Crippen LogP contribution in [0.25, 0.3) is 27.9 Å². The normalized spacial score (nSPS) is 13.6. The summed E-state index contributed by atoms with van der Waals surface area (Å²) in [6.45, 7) is 4.26. The summed E-state index contributed by atoms with van der Waals surface area (Å²) in [5, 5.41) is 12.5. The van der Waals surface area contributed by atoms with Gasteiger partial charge in [0.25, 0.3) is 0 Å². The number of carbonyl (C=O) groups is 1. The lowest BCUT2D eigenvalue weighted by atomic mass is 10.0. The lowest BCUT2D eigenvalue weighted by Crippen LogP contribution is -2.51. The molecule has 3 aromatic heterocycles. The number of rotatable bonds is 6. The van der Waals surface area contributed by atoms with Gasteiger partial charge < -0.3 is 11.1 Å². The molecule has 1 amide bonds. The van der Waals surface area contributed by atoms with Crippen LogP contribution in [0.1, 0.15) is 32.5 Å². The second-order valence-corrected chi connectivity index (χ2v) is 8.31. The molecular weight excluding hydrogens is 448 g/mol. The van der Waals surface area contributed by atoms with Crippen molar-refractivity contribution in [2.45, 2.75) is 32.2 Å². The van der Waals surface area contributed by atoms with Crippen LogP contribution in [0, 0.1) is 0 Å². The maximum absolute atomic E-state index is 12.9. The molecule has 0 unspecified atom stereocenters. The van der Waals surface area contributed by atoms with Gasteiger partial charge in [-0.3, -0.25) is 9.48 Å². The van der Waals surface area contributed by atoms with Crippen LogP contribution in [0.3, 0.4) is 0 Å². The fourth-order valence-corrected chi connectivity index (χ4v) is 3.71. The highest BCUT2D eigenvalue weighted by Crippen LogP contribution is 2.29. The zero-order valence-corrected chi connectivity index (χ0v) is 18.6. The third-order valence-corrected chi connectivity index (χ3v) is 5.61. The first-order valence-electron chi connectivity index (χ1n) is 9.74. The predicted octanol–water partition coefficient (Wildman–Crippen LogP) is 2.53. The summed E-state index contributed by atoms with van der Waals surface area (Å²) in [6, 6.07) is 5.72. The largest absolute Gasteiger partial charge is 0.354 e. The Morgan fingerprint density at radius 1 is 1.33 bits per heavy atom. The van der Waals surface area contributed by atoms with E-state index < -0.39 is 5.54 Å². The maximum atomic E-state index is 12.9. The van der Waals surface area contributed by atoms with Crippen LogP contribution in [-0.4, -0.2) is 41.8 Å². The summed E-state index contributed by atoms with van der Waals surface area (Å²) in [5.74, 6) is 0.490. The molecule has 0 spiro atoms. The van der Waals surface area contributed by atoms with E-state index in [4.69, 9.17) is 15.7 Å². The first kappa shape index (κ1) is 20.4. The number of para-hydroxylation sites is 1. The minimum Gasteiger partial charge on any atom is -0.354 e. The Morgan fingerprint density at radius 3 is 2.83 bits per heavy atom. The number of carbonyl (C=O) groups excluding carboxylic acids is 1. The molecule has 0 aliphatic heterocycles. The van der Waals surface area contributed by atoms with Gasteiger partial charge in [-0.2, -0.15) is 9.61 Å². The third-order valence-electron chi connectivity index (χ3n) is 4.97. The van der Waals surface area contributed by atoms with Crippen LogP contribution in [-0.2, 0) is 17.4 Å². The van der Waals surface area contributed by atoms with Crippen molar-refractivity contribution in [2.75, 3.05) is 6.54 Å². The molecule has 1 atom stereocenters. The Hall–Kier alpha value is -2.85. The van der Waals surface area contributed by atoms with Crippen molar-refractivity contribution in [2.24, 2.45) is 12.8 Å². The number of benzene rings is 1. The summed E-state index contributed by atoms with van der Waals surface area (Å²) < 4.78 is 4.04. The van der Waals surface area contributed by atoms with Crippen molar-refractivity contribution in [1.82, 2.24) is 34.7 Å². The SMILES string of the molecule is CCCCNC(=O)[C@@](C)(N)c1nc2c(Br)cccc2c2nc(-c3cnn(C)c3)nn12. The minimum absolute atomic E-state index is 0.311. The second kappa shape index (κ2) is 7.77. The number of hydrogen-bond acceptors (Lipinski definition) is 6. The van der Waals surface area contributed by atoms with Crippen molar-refractivity contribution in [3.05, 3.63) is 40.9 Å². The van der Waals surface area contributed by atoms with Crippen LogP contribution in [0.2, 0.25) is 0 Å². The molecule has 0 saturated heterocycles. The molecule has 4 aromatic rings. The summed E-state index contributed by atoms with van der Waals surface area (Å²) in [6.07, 6.45) is 5.38. The molecule has 0 aliphatic carbocycles.